The Hall–Kier alpha value is -0.500. The summed E-state index contributed by atoms with van der Waals surface area (Å²) < 4.78 is 45.9. The molecule has 0 spiro atoms. The van der Waals surface area contributed by atoms with Gasteiger partial charge in [0.2, 0.25) is 0 Å². The number of sulfone groups is 2. The first-order valence-corrected chi connectivity index (χ1v) is 9.59. The van der Waals surface area contributed by atoms with Gasteiger partial charge in [-0.2, -0.15) is 0 Å². The molecule has 1 rings (SSSR count). The van der Waals surface area contributed by atoms with E-state index in [1.807, 2.05) is 0 Å². The van der Waals surface area contributed by atoms with E-state index in [4.69, 9.17) is 23.2 Å². The average Bonchev–Trinajstić information content (AvgIpc) is 2.37. The number of halogens is 2. The fourth-order valence-electron chi connectivity index (χ4n) is 1.42. The highest BCUT2D eigenvalue weighted by Gasteiger charge is 2.27. The van der Waals surface area contributed by atoms with Crippen LogP contribution < -0.4 is 5.32 Å². The van der Waals surface area contributed by atoms with Gasteiger partial charge in [0.05, 0.1) is 9.79 Å². The summed E-state index contributed by atoms with van der Waals surface area (Å²) in [7, 11) is -6.05. The Morgan fingerprint density at radius 2 is 1.25 bits per heavy atom. The van der Waals surface area contributed by atoms with E-state index in [2.05, 4.69) is 5.32 Å². The Kier molecular flexibility index (Phi) is 5.34. The quantitative estimate of drug-likeness (QED) is 0.816. The highest BCUT2D eigenvalue weighted by atomic mass is 35.5. The minimum Gasteiger partial charge on any atom is -0.388 e. The molecular weight excluding hydrogens is 345 g/mol. The second-order valence-corrected chi connectivity index (χ2v) is 10.5. The molecule has 0 aromatic heterocycles. The molecule has 0 aliphatic carbocycles. The SMILES string of the molecule is CNc1cc(S(=O)(=O)C(C)Cl)cc(S(=O)(=O)C(C)Cl)c1. The molecule has 1 N–H and O–H groups in total. The van der Waals surface area contributed by atoms with E-state index in [-0.39, 0.29) is 9.79 Å². The van der Waals surface area contributed by atoms with Crippen LogP contribution in [0, 0.1) is 0 Å². The molecule has 0 bridgehead atoms. The molecule has 1 aromatic carbocycles. The van der Waals surface area contributed by atoms with Crippen molar-refractivity contribution in [3.8, 4) is 0 Å². The first kappa shape index (κ1) is 17.6. The number of anilines is 1. The second-order valence-electron chi connectivity index (χ2n) is 4.12. The fraction of sp³-hybridized carbons (Fsp3) is 0.455. The molecule has 0 heterocycles. The minimum atomic E-state index is -3.80. The summed E-state index contributed by atoms with van der Waals surface area (Å²) in [4.78, 5) is -0.328. The summed E-state index contributed by atoms with van der Waals surface area (Å²) in [5.74, 6) is 0. The summed E-state index contributed by atoms with van der Waals surface area (Å²) in [5, 5.41) is 2.71. The molecule has 0 aliphatic heterocycles. The van der Waals surface area contributed by atoms with Crippen molar-refractivity contribution in [3.05, 3.63) is 18.2 Å². The van der Waals surface area contributed by atoms with E-state index in [9.17, 15) is 16.8 Å². The van der Waals surface area contributed by atoms with Crippen molar-refractivity contribution >= 4 is 48.6 Å². The van der Waals surface area contributed by atoms with Gasteiger partial charge in [-0.25, -0.2) is 16.8 Å². The number of rotatable bonds is 5. The molecule has 1 aromatic rings. The zero-order valence-corrected chi connectivity index (χ0v) is 14.2. The van der Waals surface area contributed by atoms with Gasteiger partial charge in [0.25, 0.3) is 0 Å². The average molecular weight is 360 g/mol. The number of nitrogens with one attached hydrogen (secondary N) is 1. The Bertz CT molecular complexity index is 641. The van der Waals surface area contributed by atoms with Gasteiger partial charge in [-0.15, -0.1) is 23.2 Å². The number of hydrogen-bond acceptors (Lipinski definition) is 5. The molecule has 9 heteroatoms. The third-order valence-corrected chi connectivity index (χ3v) is 7.58. The highest BCUT2D eigenvalue weighted by Crippen LogP contribution is 2.28. The largest absolute Gasteiger partial charge is 0.388 e. The van der Waals surface area contributed by atoms with E-state index in [1.165, 1.54) is 26.0 Å². The van der Waals surface area contributed by atoms with Crippen LogP contribution in [0.1, 0.15) is 13.8 Å². The second kappa shape index (κ2) is 6.09. The first-order valence-electron chi connectivity index (χ1n) is 5.62. The molecule has 2 atom stereocenters. The Morgan fingerprint density at radius 3 is 1.50 bits per heavy atom. The van der Waals surface area contributed by atoms with Crippen LogP contribution >= 0.6 is 23.2 Å². The predicted molar refractivity (Wildman–Crippen MR) is 81.0 cm³/mol. The van der Waals surface area contributed by atoms with Crippen molar-refractivity contribution in [1.82, 2.24) is 0 Å². The maximum absolute atomic E-state index is 12.1. The predicted octanol–water partition coefficient (Wildman–Crippen LogP) is 2.45. The van der Waals surface area contributed by atoms with Gasteiger partial charge in [0, 0.05) is 12.7 Å². The maximum Gasteiger partial charge on any atom is 0.194 e. The van der Waals surface area contributed by atoms with Gasteiger partial charge in [0.15, 0.2) is 19.7 Å². The normalized spacial score (nSPS) is 15.7. The molecule has 20 heavy (non-hydrogen) atoms. The molecule has 0 saturated carbocycles. The molecule has 0 aliphatic rings. The van der Waals surface area contributed by atoms with E-state index >= 15 is 0 Å². The Morgan fingerprint density at radius 1 is 0.900 bits per heavy atom. The van der Waals surface area contributed by atoms with Crippen molar-refractivity contribution < 1.29 is 16.8 Å². The van der Waals surface area contributed by atoms with E-state index in [0.717, 1.165) is 6.07 Å². The fourth-order valence-corrected chi connectivity index (χ4v) is 4.03. The zero-order chi connectivity index (χ0) is 15.7. The number of benzene rings is 1. The number of alkyl halides is 2. The molecule has 0 saturated heterocycles. The van der Waals surface area contributed by atoms with Crippen LogP contribution in [-0.4, -0.2) is 33.3 Å². The van der Waals surface area contributed by atoms with Crippen LogP contribution in [0.5, 0.6) is 0 Å². The van der Waals surface area contributed by atoms with E-state index in [0.29, 0.717) is 5.69 Å². The summed E-state index contributed by atoms with van der Waals surface area (Å²) >= 11 is 11.3. The lowest BCUT2D eigenvalue weighted by Gasteiger charge is -2.13. The van der Waals surface area contributed by atoms with Crippen LogP contribution in [0.25, 0.3) is 0 Å². The molecule has 0 fully saturated rings. The summed E-state index contributed by atoms with van der Waals surface area (Å²) in [6.45, 7) is 2.61. The molecule has 0 amide bonds. The molecular formula is C11H15Cl2NO4S2. The van der Waals surface area contributed by atoms with Crippen LogP contribution in [0.3, 0.4) is 0 Å². The molecule has 2 unspecified atom stereocenters. The van der Waals surface area contributed by atoms with Crippen molar-refractivity contribution in [1.29, 1.82) is 0 Å². The van der Waals surface area contributed by atoms with Crippen LogP contribution in [0.4, 0.5) is 5.69 Å². The lowest BCUT2D eigenvalue weighted by atomic mass is 10.3. The summed E-state index contributed by atoms with van der Waals surface area (Å²) in [6, 6.07) is 3.72. The summed E-state index contributed by atoms with van der Waals surface area (Å²) in [6.07, 6.45) is 0. The van der Waals surface area contributed by atoms with Gasteiger partial charge in [-0.1, -0.05) is 0 Å². The van der Waals surface area contributed by atoms with Crippen molar-refractivity contribution in [2.24, 2.45) is 0 Å². The van der Waals surface area contributed by atoms with Gasteiger partial charge in [-0.05, 0) is 32.0 Å². The van der Waals surface area contributed by atoms with Crippen molar-refractivity contribution in [2.45, 2.75) is 33.1 Å². The third kappa shape index (κ3) is 3.39. The molecule has 114 valence electrons. The van der Waals surface area contributed by atoms with Crippen LogP contribution in [0.15, 0.2) is 28.0 Å². The van der Waals surface area contributed by atoms with Crippen molar-refractivity contribution in [2.75, 3.05) is 12.4 Å². The van der Waals surface area contributed by atoms with E-state index < -0.39 is 29.1 Å². The maximum atomic E-state index is 12.1. The standard InChI is InChI=1S/C11H15Cl2NO4S2/c1-7(12)19(15,16)10-4-9(14-3)5-11(6-10)20(17,18)8(2)13/h4-8,14H,1-3H3. The van der Waals surface area contributed by atoms with Gasteiger partial charge >= 0.3 is 0 Å². The van der Waals surface area contributed by atoms with E-state index in [1.54, 1.807) is 7.05 Å². The molecule has 0 radical (unpaired) electrons. The minimum absolute atomic E-state index is 0.164. The number of hydrogen-bond donors (Lipinski definition) is 1. The van der Waals surface area contributed by atoms with Crippen molar-refractivity contribution in [3.63, 3.8) is 0 Å². The monoisotopic (exact) mass is 359 g/mol. The first-order chi connectivity index (χ1) is 9.03. The topological polar surface area (TPSA) is 80.3 Å². The lowest BCUT2D eigenvalue weighted by molar-refractivity contribution is 0.592. The third-order valence-electron chi connectivity index (χ3n) is 2.68. The van der Waals surface area contributed by atoms with Gasteiger partial charge in [-0.3, -0.25) is 0 Å². The lowest BCUT2D eigenvalue weighted by Crippen LogP contribution is -2.16. The van der Waals surface area contributed by atoms with Crippen LogP contribution in [0.2, 0.25) is 0 Å². The Balaban J connectivity index is 3.61. The van der Waals surface area contributed by atoms with Gasteiger partial charge < -0.3 is 5.32 Å². The van der Waals surface area contributed by atoms with Crippen LogP contribution in [-0.2, 0) is 19.7 Å². The highest BCUT2D eigenvalue weighted by molar-refractivity contribution is 7.94. The molecule has 5 nitrogen and oxygen atoms in total. The summed E-state index contributed by atoms with van der Waals surface area (Å²) in [5.41, 5.74) is 0.347. The smallest absolute Gasteiger partial charge is 0.194 e. The van der Waals surface area contributed by atoms with Gasteiger partial charge in [0.1, 0.15) is 9.42 Å². The Labute approximate surface area is 129 Å². The zero-order valence-electron chi connectivity index (χ0n) is 11.1.